The van der Waals surface area contributed by atoms with Gasteiger partial charge in [0.05, 0.1) is 6.10 Å². The number of ketones is 1. The first kappa shape index (κ1) is 14.8. The molecular weight excluding hydrogens is 255 g/mol. The molecule has 2 atom stereocenters. The molecule has 0 amide bonds. The van der Waals surface area contributed by atoms with Crippen LogP contribution in [0.2, 0.25) is 0 Å². The van der Waals surface area contributed by atoms with Gasteiger partial charge in [-0.25, -0.2) is 4.39 Å². The molecule has 0 bridgehead atoms. The third-order valence-corrected chi connectivity index (χ3v) is 3.66. The van der Waals surface area contributed by atoms with Gasteiger partial charge in [-0.2, -0.15) is 0 Å². The molecule has 0 radical (unpaired) electrons. The maximum atomic E-state index is 14.0. The van der Waals surface area contributed by atoms with E-state index in [-0.39, 0.29) is 29.4 Å². The highest BCUT2D eigenvalue weighted by atomic mass is 19.1. The molecule has 108 valence electrons. The number of hydrogen-bond acceptors (Lipinski definition) is 2. The van der Waals surface area contributed by atoms with E-state index >= 15 is 0 Å². The van der Waals surface area contributed by atoms with Gasteiger partial charge in [0.2, 0.25) is 0 Å². The van der Waals surface area contributed by atoms with E-state index in [0.717, 1.165) is 24.0 Å². The minimum absolute atomic E-state index is 0.0484. The van der Waals surface area contributed by atoms with Gasteiger partial charge in [-0.3, -0.25) is 4.79 Å². The maximum absolute atomic E-state index is 14.0. The molecule has 0 spiro atoms. The molecule has 0 N–H and O–H groups in total. The number of Topliss-reactive ketones (excluding diaryl/α,β-unsaturated/α-hetero) is 1. The molecule has 0 aliphatic heterocycles. The van der Waals surface area contributed by atoms with Gasteiger partial charge in [-0.05, 0) is 57.7 Å². The maximum Gasteiger partial charge on any atom is 0.165 e. The van der Waals surface area contributed by atoms with Crippen LogP contribution in [0.3, 0.4) is 0 Å². The Hall–Kier alpha value is -1.64. The molecule has 1 fully saturated rings. The quantitative estimate of drug-likeness (QED) is 0.815. The lowest BCUT2D eigenvalue weighted by atomic mass is 10.0. The number of hydrogen-bond donors (Lipinski definition) is 0. The standard InChI is InChI=1S/C17H21FO2/c1-11(2)8-13-4-7-17(16(18)9-13)20-15-6-5-14(10-15)12(3)19/h4,7-9,14-15H,5-6,10H2,1-3H3/t14-,15+/m1/s1. The highest BCUT2D eigenvalue weighted by Gasteiger charge is 2.29. The van der Waals surface area contributed by atoms with Crippen LogP contribution in [0.1, 0.15) is 45.6 Å². The van der Waals surface area contributed by atoms with E-state index in [1.54, 1.807) is 13.0 Å². The van der Waals surface area contributed by atoms with E-state index in [0.29, 0.717) is 6.42 Å². The van der Waals surface area contributed by atoms with Crippen LogP contribution in [0, 0.1) is 11.7 Å². The Labute approximate surface area is 119 Å². The van der Waals surface area contributed by atoms with Crippen LogP contribution in [0.5, 0.6) is 5.75 Å². The molecule has 3 heteroatoms. The van der Waals surface area contributed by atoms with E-state index in [1.807, 2.05) is 26.0 Å². The first-order chi connectivity index (χ1) is 9.45. The fourth-order valence-electron chi connectivity index (χ4n) is 2.63. The molecule has 0 heterocycles. The van der Waals surface area contributed by atoms with Crippen molar-refractivity contribution in [1.29, 1.82) is 0 Å². The van der Waals surface area contributed by atoms with Crippen LogP contribution < -0.4 is 4.74 Å². The molecule has 1 aliphatic carbocycles. The lowest BCUT2D eigenvalue weighted by Gasteiger charge is -2.14. The van der Waals surface area contributed by atoms with E-state index in [4.69, 9.17) is 4.74 Å². The predicted octanol–water partition coefficient (Wildman–Crippen LogP) is 4.39. The van der Waals surface area contributed by atoms with Crippen molar-refractivity contribution in [2.75, 3.05) is 0 Å². The minimum Gasteiger partial charge on any atom is -0.487 e. The van der Waals surface area contributed by atoms with Crippen molar-refractivity contribution in [2.24, 2.45) is 5.92 Å². The summed E-state index contributed by atoms with van der Waals surface area (Å²) in [5.74, 6) is 0.222. The van der Waals surface area contributed by atoms with E-state index in [2.05, 4.69) is 0 Å². The van der Waals surface area contributed by atoms with Crippen molar-refractivity contribution in [2.45, 2.75) is 46.1 Å². The molecule has 0 unspecified atom stereocenters. The Bertz CT molecular complexity index is 530. The average molecular weight is 276 g/mol. The Morgan fingerprint density at radius 1 is 1.30 bits per heavy atom. The van der Waals surface area contributed by atoms with Crippen LogP contribution in [-0.2, 0) is 4.79 Å². The molecule has 0 saturated heterocycles. The Morgan fingerprint density at radius 2 is 2.05 bits per heavy atom. The van der Waals surface area contributed by atoms with Crippen molar-refractivity contribution >= 4 is 11.9 Å². The molecule has 2 nitrogen and oxygen atoms in total. The summed E-state index contributed by atoms with van der Waals surface area (Å²) in [6.07, 6.45) is 4.24. The molecule has 2 rings (SSSR count). The Balaban J connectivity index is 2.04. The second kappa shape index (κ2) is 6.21. The van der Waals surface area contributed by atoms with Crippen molar-refractivity contribution < 1.29 is 13.9 Å². The highest BCUT2D eigenvalue weighted by molar-refractivity contribution is 5.78. The van der Waals surface area contributed by atoms with Gasteiger partial charge < -0.3 is 4.74 Å². The number of ether oxygens (including phenoxy) is 1. The smallest absolute Gasteiger partial charge is 0.165 e. The van der Waals surface area contributed by atoms with Gasteiger partial charge >= 0.3 is 0 Å². The zero-order valence-electron chi connectivity index (χ0n) is 12.3. The Kier molecular flexibility index (Phi) is 4.58. The summed E-state index contributed by atoms with van der Waals surface area (Å²) in [5, 5.41) is 0. The van der Waals surface area contributed by atoms with Crippen LogP contribution >= 0.6 is 0 Å². The monoisotopic (exact) mass is 276 g/mol. The third-order valence-electron chi connectivity index (χ3n) is 3.66. The number of benzene rings is 1. The molecule has 0 aromatic heterocycles. The fourth-order valence-corrected chi connectivity index (χ4v) is 2.63. The van der Waals surface area contributed by atoms with E-state index in [9.17, 15) is 9.18 Å². The van der Waals surface area contributed by atoms with Crippen molar-refractivity contribution in [3.63, 3.8) is 0 Å². The van der Waals surface area contributed by atoms with Gasteiger partial charge in [0.15, 0.2) is 11.6 Å². The van der Waals surface area contributed by atoms with Crippen molar-refractivity contribution in [1.82, 2.24) is 0 Å². The number of rotatable bonds is 4. The average Bonchev–Trinajstić information content (AvgIpc) is 2.80. The highest BCUT2D eigenvalue weighted by Crippen LogP contribution is 2.31. The zero-order chi connectivity index (χ0) is 14.7. The first-order valence-corrected chi connectivity index (χ1v) is 7.07. The number of allylic oxidation sites excluding steroid dienone is 1. The second-order valence-electron chi connectivity index (χ2n) is 5.77. The minimum atomic E-state index is -0.341. The molecule has 1 saturated carbocycles. The summed E-state index contributed by atoms with van der Waals surface area (Å²) in [5.41, 5.74) is 1.96. The summed E-state index contributed by atoms with van der Waals surface area (Å²) >= 11 is 0. The van der Waals surface area contributed by atoms with Gasteiger partial charge in [0.25, 0.3) is 0 Å². The predicted molar refractivity (Wildman–Crippen MR) is 78.2 cm³/mol. The van der Waals surface area contributed by atoms with E-state index < -0.39 is 0 Å². The first-order valence-electron chi connectivity index (χ1n) is 7.07. The Morgan fingerprint density at radius 3 is 2.60 bits per heavy atom. The molecule has 20 heavy (non-hydrogen) atoms. The SMILES string of the molecule is CC(=O)[C@@H]1CC[C@H](Oc2ccc(C=C(C)C)cc2F)C1. The molecule has 1 aromatic rings. The summed E-state index contributed by atoms with van der Waals surface area (Å²) in [4.78, 5) is 11.3. The summed E-state index contributed by atoms with van der Waals surface area (Å²) in [6.45, 7) is 5.56. The fraction of sp³-hybridized carbons (Fsp3) is 0.471. The van der Waals surface area contributed by atoms with Crippen molar-refractivity contribution in [3.05, 3.63) is 35.2 Å². The van der Waals surface area contributed by atoms with Gasteiger partial charge in [-0.1, -0.05) is 17.7 Å². The lowest BCUT2D eigenvalue weighted by molar-refractivity contribution is -0.120. The van der Waals surface area contributed by atoms with Crippen LogP contribution in [0.25, 0.3) is 6.08 Å². The van der Waals surface area contributed by atoms with Gasteiger partial charge in [-0.15, -0.1) is 0 Å². The summed E-state index contributed by atoms with van der Waals surface area (Å²) < 4.78 is 19.7. The molecule has 1 aliphatic rings. The van der Waals surface area contributed by atoms with Crippen LogP contribution in [-0.4, -0.2) is 11.9 Å². The zero-order valence-corrected chi connectivity index (χ0v) is 12.3. The van der Waals surface area contributed by atoms with Crippen LogP contribution in [0.15, 0.2) is 23.8 Å². The van der Waals surface area contributed by atoms with Crippen molar-refractivity contribution in [3.8, 4) is 5.75 Å². The molecular formula is C17H21FO2. The summed E-state index contributed by atoms with van der Waals surface area (Å²) in [6, 6.07) is 5.01. The number of carbonyl (C=O) groups is 1. The van der Waals surface area contributed by atoms with Crippen LogP contribution in [0.4, 0.5) is 4.39 Å². The summed E-state index contributed by atoms with van der Waals surface area (Å²) in [7, 11) is 0. The van der Waals surface area contributed by atoms with Gasteiger partial charge in [0.1, 0.15) is 5.78 Å². The van der Waals surface area contributed by atoms with E-state index in [1.165, 1.54) is 6.07 Å². The van der Waals surface area contributed by atoms with Gasteiger partial charge in [0, 0.05) is 5.92 Å². The molecule has 1 aromatic carbocycles. The number of carbonyl (C=O) groups excluding carboxylic acids is 1. The normalized spacial score (nSPS) is 21.6. The third kappa shape index (κ3) is 3.69. The number of halogens is 1. The largest absolute Gasteiger partial charge is 0.487 e. The lowest BCUT2D eigenvalue weighted by Crippen LogP contribution is -2.15. The topological polar surface area (TPSA) is 26.3 Å². The second-order valence-corrected chi connectivity index (χ2v) is 5.77.